The highest BCUT2D eigenvalue weighted by Gasteiger charge is 2.21. The molecule has 0 amide bonds. The van der Waals surface area contributed by atoms with Gasteiger partial charge in [-0.15, -0.1) is 0 Å². The highest BCUT2D eigenvalue weighted by Crippen LogP contribution is 2.23. The van der Waals surface area contributed by atoms with Gasteiger partial charge in [0.25, 0.3) is 11.9 Å². The Morgan fingerprint density at radius 1 is 0.778 bits per heavy atom. The van der Waals surface area contributed by atoms with Crippen LogP contribution in [0.4, 0.5) is 17.8 Å². The Labute approximate surface area is 163 Å². The number of nitrogens with one attached hydrogen (secondary N) is 2. The van der Waals surface area contributed by atoms with Gasteiger partial charge in [-0.1, -0.05) is 66.2 Å². The molecule has 1 aromatic heterocycles. The number of unbranched alkanes of at least 4 members (excludes halogenated alkanes) is 2. The molecule has 0 bridgehead atoms. The fraction of sp³-hybridized carbons (Fsp3) is 0.842. The smallest absolute Gasteiger partial charge is 0.253 e. The maximum Gasteiger partial charge on any atom is 0.253 e. The third kappa shape index (κ3) is 8.26. The summed E-state index contributed by atoms with van der Waals surface area (Å²) in [5.74, 6) is 1.63. The molecule has 0 aromatic carbocycles. The highest BCUT2D eigenvalue weighted by molar-refractivity contribution is 5.42. The Morgan fingerprint density at radius 3 is 1.56 bits per heavy atom. The zero-order chi connectivity index (χ0) is 20.1. The average Bonchev–Trinajstić information content (AvgIpc) is 2.72. The first kappa shape index (κ1) is 23.4. The molecular formula is C19H38N6O2. The molecule has 2 atom stereocenters. The van der Waals surface area contributed by atoms with Crippen LogP contribution in [0.2, 0.25) is 0 Å². The number of anilines is 3. The second kappa shape index (κ2) is 13.5. The van der Waals surface area contributed by atoms with Gasteiger partial charge >= 0.3 is 0 Å². The van der Waals surface area contributed by atoms with Gasteiger partial charge in [-0.25, -0.2) is 11.0 Å². The van der Waals surface area contributed by atoms with Crippen LogP contribution in [0.25, 0.3) is 0 Å². The molecule has 8 nitrogen and oxygen atoms in total. The van der Waals surface area contributed by atoms with E-state index in [-0.39, 0.29) is 11.9 Å². The maximum absolute atomic E-state index is 9.22. The Bertz CT molecular complexity index is 477. The third-order valence-corrected chi connectivity index (χ3v) is 5.15. The molecular weight excluding hydrogens is 344 g/mol. The van der Waals surface area contributed by atoms with Crippen molar-refractivity contribution in [2.24, 2.45) is 11.8 Å². The Hall–Kier alpha value is -1.67. The van der Waals surface area contributed by atoms with Crippen molar-refractivity contribution in [2.45, 2.75) is 79.1 Å². The summed E-state index contributed by atoms with van der Waals surface area (Å²) >= 11 is 0. The molecule has 1 aromatic rings. The van der Waals surface area contributed by atoms with Crippen molar-refractivity contribution in [3.63, 3.8) is 0 Å². The molecule has 8 heteroatoms. The van der Waals surface area contributed by atoms with E-state index in [2.05, 4.69) is 47.5 Å². The second-order valence-electron chi connectivity index (χ2n) is 7.24. The predicted octanol–water partition coefficient (Wildman–Crippen LogP) is 4.71. The van der Waals surface area contributed by atoms with Crippen molar-refractivity contribution in [2.75, 3.05) is 28.9 Å². The largest absolute Gasteiger partial charge is 0.340 e. The van der Waals surface area contributed by atoms with Gasteiger partial charge in [0.1, 0.15) is 0 Å². The van der Waals surface area contributed by atoms with Crippen molar-refractivity contribution in [3.8, 4) is 0 Å². The Kier molecular flexibility index (Phi) is 11.7. The van der Waals surface area contributed by atoms with E-state index >= 15 is 0 Å². The van der Waals surface area contributed by atoms with E-state index in [0.29, 0.717) is 17.8 Å². The summed E-state index contributed by atoms with van der Waals surface area (Å²) in [6.45, 7) is 10.6. The summed E-state index contributed by atoms with van der Waals surface area (Å²) in [5, 5.41) is 18.4. The first-order chi connectivity index (χ1) is 13.1. The zero-order valence-corrected chi connectivity index (χ0v) is 17.4. The summed E-state index contributed by atoms with van der Waals surface area (Å²) < 4.78 is 0. The fourth-order valence-electron chi connectivity index (χ4n) is 3.30. The number of aromatic nitrogens is 3. The van der Waals surface area contributed by atoms with E-state index in [1.165, 1.54) is 38.5 Å². The summed E-state index contributed by atoms with van der Waals surface area (Å²) in [6, 6.07) is 0. The summed E-state index contributed by atoms with van der Waals surface area (Å²) in [4.78, 5) is 14.7. The van der Waals surface area contributed by atoms with Crippen LogP contribution in [0.3, 0.4) is 0 Å². The Balaban J connectivity index is 3.07. The summed E-state index contributed by atoms with van der Waals surface area (Å²) in [5.41, 5.74) is 3.92. The van der Waals surface area contributed by atoms with Crippen molar-refractivity contribution < 1.29 is 10.4 Å². The van der Waals surface area contributed by atoms with Gasteiger partial charge in [0.15, 0.2) is 0 Å². The molecule has 0 radical (unpaired) electrons. The van der Waals surface area contributed by atoms with Gasteiger partial charge in [0.2, 0.25) is 5.95 Å². The van der Waals surface area contributed by atoms with Gasteiger partial charge in [0.05, 0.1) is 0 Å². The second-order valence-corrected chi connectivity index (χ2v) is 7.24. The lowest BCUT2D eigenvalue weighted by Gasteiger charge is -2.31. The fourth-order valence-corrected chi connectivity index (χ4v) is 3.30. The van der Waals surface area contributed by atoms with E-state index in [9.17, 15) is 10.4 Å². The van der Waals surface area contributed by atoms with E-state index < -0.39 is 0 Å². The van der Waals surface area contributed by atoms with Crippen molar-refractivity contribution in [3.05, 3.63) is 0 Å². The van der Waals surface area contributed by atoms with Crippen LogP contribution in [0, 0.1) is 11.8 Å². The number of hydrogen-bond acceptors (Lipinski definition) is 8. The minimum absolute atomic E-state index is 0.0183. The molecule has 0 fully saturated rings. The quantitative estimate of drug-likeness (QED) is 0.323. The SMILES string of the molecule is CCCCC(CC)CN(CC(CC)CCCC)c1nc(NO)nc(NO)n1. The number of nitrogens with zero attached hydrogens (tertiary/aromatic N) is 4. The lowest BCUT2D eigenvalue weighted by Crippen LogP contribution is -2.35. The maximum atomic E-state index is 9.22. The van der Waals surface area contributed by atoms with Crippen molar-refractivity contribution in [1.29, 1.82) is 0 Å². The average molecular weight is 383 g/mol. The van der Waals surface area contributed by atoms with Crippen LogP contribution in [0.15, 0.2) is 0 Å². The first-order valence-corrected chi connectivity index (χ1v) is 10.4. The summed E-state index contributed by atoms with van der Waals surface area (Å²) in [7, 11) is 0. The van der Waals surface area contributed by atoms with Crippen LogP contribution in [-0.2, 0) is 0 Å². The zero-order valence-electron chi connectivity index (χ0n) is 17.4. The standard InChI is InChI=1S/C19H38N6O2/c1-5-9-11-15(7-3)13-25(14-16(8-4)12-10-6-2)19-21-17(23-26)20-18(22-19)24-27/h15-16,26-27H,5-14H2,1-4H3,(H2,20,21,22,23,24). The topological polar surface area (TPSA) is 106 Å². The molecule has 0 aliphatic carbocycles. The van der Waals surface area contributed by atoms with Gasteiger partial charge < -0.3 is 4.90 Å². The van der Waals surface area contributed by atoms with Crippen LogP contribution in [0.5, 0.6) is 0 Å². The van der Waals surface area contributed by atoms with Crippen LogP contribution < -0.4 is 15.9 Å². The minimum atomic E-state index is 0.0183. The minimum Gasteiger partial charge on any atom is -0.340 e. The number of hydrogen-bond donors (Lipinski definition) is 4. The van der Waals surface area contributed by atoms with Gasteiger partial charge in [-0.05, 0) is 24.7 Å². The molecule has 0 aliphatic rings. The van der Waals surface area contributed by atoms with Crippen molar-refractivity contribution in [1.82, 2.24) is 15.0 Å². The molecule has 2 unspecified atom stereocenters. The van der Waals surface area contributed by atoms with E-state index in [0.717, 1.165) is 25.9 Å². The molecule has 27 heavy (non-hydrogen) atoms. The third-order valence-electron chi connectivity index (χ3n) is 5.15. The van der Waals surface area contributed by atoms with Gasteiger partial charge in [-0.3, -0.25) is 10.4 Å². The molecule has 1 heterocycles. The van der Waals surface area contributed by atoms with E-state index in [1.54, 1.807) is 0 Å². The van der Waals surface area contributed by atoms with E-state index in [4.69, 9.17) is 0 Å². The highest BCUT2D eigenvalue weighted by atomic mass is 16.5. The summed E-state index contributed by atoms with van der Waals surface area (Å²) in [6.07, 6.45) is 9.36. The predicted molar refractivity (Wildman–Crippen MR) is 109 cm³/mol. The molecule has 156 valence electrons. The molecule has 0 aliphatic heterocycles. The van der Waals surface area contributed by atoms with Crippen LogP contribution in [-0.4, -0.2) is 38.5 Å². The van der Waals surface area contributed by atoms with Crippen LogP contribution in [0.1, 0.15) is 79.1 Å². The molecule has 0 saturated carbocycles. The lowest BCUT2D eigenvalue weighted by molar-refractivity contribution is 0.373. The molecule has 1 rings (SSSR count). The van der Waals surface area contributed by atoms with Gasteiger partial charge in [-0.2, -0.15) is 15.0 Å². The lowest BCUT2D eigenvalue weighted by atomic mass is 9.96. The molecule has 0 spiro atoms. The first-order valence-electron chi connectivity index (χ1n) is 10.4. The van der Waals surface area contributed by atoms with Crippen molar-refractivity contribution >= 4 is 17.8 Å². The van der Waals surface area contributed by atoms with Crippen LogP contribution >= 0.6 is 0 Å². The van der Waals surface area contributed by atoms with Gasteiger partial charge in [0, 0.05) is 13.1 Å². The monoisotopic (exact) mass is 382 g/mol. The normalized spacial score (nSPS) is 13.3. The molecule has 0 saturated heterocycles. The number of rotatable bonds is 15. The molecule has 4 N–H and O–H groups in total. The Morgan fingerprint density at radius 2 is 1.22 bits per heavy atom. The van der Waals surface area contributed by atoms with E-state index in [1.807, 2.05) is 11.0 Å².